The third-order valence-electron chi connectivity index (χ3n) is 2.66. The van der Waals surface area contributed by atoms with Crippen molar-refractivity contribution in [2.24, 2.45) is 17.6 Å². The summed E-state index contributed by atoms with van der Waals surface area (Å²) in [5.74, 6) is -0.459. The third kappa shape index (κ3) is 3.48. The van der Waals surface area contributed by atoms with E-state index in [1.165, 1.54) is 0 Å². The van der Waals surface area contributed by atoms with Crippen molar-refractivity contribution in [2.75, 3.05) is 13.2 Å². The van der Waals surface area contributed by atoms with E-state index in [0.717, 1.165) is 6.42 Å². The van der Waals surface area contributed by atoms with Crippen LogP contribution in [-0.4, -0.2) is 31.2 Å². The van der Waals surface area contributed by atoms with E-state index >= 15 is 0 Å². The van der Waals surface area contributed by atoms with Crippen molar-refractivity contribution < 1.29 is 19.1 Å². The van der Waals surface area contributed by atoms with Crippen LogP contribution in [-0.2, 0) is 19.1 Å². The predicted molar refractivity (Wildman–Crippen MR) is 57.5 cm³/mol. The quantitative estimate of drug-likeness (QED) is 0.670. The molecule has 1 fully saturated rings. The lowest BCUT2D eigenvalue weighted by Crippen LogP contribution is -2.33. The number of esters is 2. The zero-order chi connectivity index (χ0) is 12.1. The second-order valence-electron chi connectivity index (χ2n) is 3.95. The summed E-state index contributed by atoms with van der Waals surface area (Å²) in [6.45, 7) is 4.24. The molecular weight excluding hydrogens is 210 g/mol. The molecule has 0 saturated heterocycles. The fourth-order valence-corrected chi connectivity index (χ4v) is 1.72. The van der Waals surface area contributed by atoms with Crippen LogP contribution in [0.1, 0.15) is 26.7 Å². The molecule has 0 aliphatic heterocycles. The Bertz CT molecular complexity index is 267. The van der Waals surface area contributed by atoms with Crippen LogP contribution in [0.15, 0.2) is 0 Å². The van der Waals surface area contributed by atoms with E-state index in [4.69, 9.17) is 15.2 Å². The van der Waals surface area contributed by atoms with Crippen LogP contribution in [0.5, 0.6) is 0 Å². The zero-order valence-electron chi connectivity index (χ0n) is 9.77. The lowest BCUT2D eigenvalue weighted by atomic mass is 10.1. The van der Waals surface area contributed by atoms with Gasteiger partial charge >= 0.3 is 11.9 Å². The molecule has 0 aromatic rings. The minimum atomic E-state index is -0.621. The predicted octanol–water partition coefficient (Wildman–Crippen LogP) is 0.466. The van der Waals surface area contributed by atoms with Crippen molar-refractivity contribution in [1.29, 1.82) is 0 Å². The van der Waals surface area contributed by atoms with Gasteiger partial charge in [-0.15, -0.1) is 0 Å². The highest BCUT2D eigenvalue weighted by molar-refractivity contribution is 5.77. The van der Waals surface area contributed by atoms with Crippen LogP contribution >= 0.6 is 0 Å². The van der Waals surface area contributed by atoms with E-state index in [9.17, 15) is 9.59 Å². The molecular formula is C11H19NO4. The molecule has 92 valence electrons. The monoisotopic (exact) mass is 229 g/mol. The fraction of sp³-hybridized carbons (Fsp3) is 0.818. The first-order valence-corrected chi connectivity index (χ1v) is 5.69. The van der Waals surface area contributed by atoms with Gasteiger partial charge in [0, 0.05) is 0 Å². The number of carbonyl (C=O) groups excluding carboxylic acids is 2. The summed E-state index contributed by atoms with van der Waals surface area (Å²) in [5, 5.41) is 0. The molecule has 3 atom stereocenters. The molecule has 5 nitrogen and oxygen atoms in total. The summed E-state index contributed by atoms with van der Waals surface area (Å²) in [7, 11) is 0. The second-order valence-corrected chi connectivity index (χ2v) is 3.95. The number of hydrogen-bond donors (Lipinski definition) is 1. The van der Waals surface area contributed by atoms with Crippen molar-refractivity contribution in [3.05, 3.63) is 0 Å². The van der Waals surface area contributed by atoms with Gasteiger partial charge in [-0.05, 0) is 32.6 Å². The van der Waals surface area contributed by atoms with Gasteiger partial charge in [-0.1, -0.05) is 0 Å². The van der Waals surface area contributed by atoms with E-state index in [2.05, 4.69) is 0 Å². The number of rotatable bonds is 6. The van der Waals surface area contributed by atoms with Crippen LogP contribution in [0.4, 0.5) is 0 Å². The Kier molecular flexibility index (Phi) is 4.73. The first-order valence-electron chi connectivity index (χ1n) is 5.69. The smallest absolute Gasteiger partial charge is 0.322 e. The summed E-state index contributed by atoms with van der Waals surface area (Å²) in [4.78, 5) is 22.6. The van der Waals surface area contributed by atoms with Crippen LogP contribution in [0.2, 0.25) is 0 Å². The van der Waals surface area contributed by atoms with E-state index in [1.807, 2.05) is 0 Å². The Morgan fingerprint density at radius 3 is 2.50 bits per heavy atom. The SMILES string of the molecule is CCOC(=O)[C@@H](N)C[C@H]1C[C@H]1C(=O)OCC. The first kappa shape index (κ1) is 13.0. The lowest BCUT2D eigenvalue weighted by Gasteiger charge is -2.09. The average molecular weight is 229 g/mol. The van der Waals surface area contributed by atoms with Crippen molar-refractivity contribution in [2.45, 2.75) is 32.7 Å². The normalized spacial score (nSPS) is 24.7. The number of hydrogen-bond acceptors (Lipinski definition) is 5. The van der Waals surface area contributed by atoms with Crippen molar-refractivity contribution in [3.8, 4) is 0 Å². The van der Waals surface area contributed by atoms with E-state index in [-0.39, 0.29) is 17.8 Å². The van der Waals surface area contributed by atoms with Gasteiger partial charge in [0.05, 0.1) is 19.1 Å². The highest BCUT2D eigenvalue weighted by Crippen LogP contribution is 2.42. The molecule has 0 heterocycles. The fourth-order valence-electron chi connectivity index (χ4n) is 1.72. The Balaban J connectivity index is 2.25. The standard InChI is InChI=1S/C11H19NO4/c1-3-15-10(13)8-5-7(8)6-9(12)11(14)16-4-2/h7-9H,3-6,12H2,1-2H3/t7-,8-,9+/m1/s1. The molecule has 0 radical (unpaired) electrons. The van der Waals surface area contributed by atoms with E-state index in [1.54, 1.807) is 13.8 Å². The molecule has 1 aliphatic carbocycles. The summed E-state index contributed by atoms with van der Waals surface area (Å²) >= 11 is 0. The van der Waals surface area contributed by atoms with Crippen molar-refractivity contribution >= 4 is 11.9 Å². The minimum absolute atomic E-state index is 0.0690. The van der Waals surface area contributed by atoms with Gasteiger partial charge in [0.1, 0.15) is 6.04 Å². The molecule has 0 aromatic heterocycles. The van der Waals surface area contributed by atoms with Gasteiger partial charge in [0.2, 0.25) is 0 Å². The number of ether oxygens (including phenoxy) is 2. The van der Waals surface area contributed by atoms with Gasteiger partial charge in [-0.3, -0.25) is 9.59 Å². The molecule has 16 heavy (non-hydrogen) atoms. The molecule has 1 saturated carbocycles. The average Bonchev–Trinajstić information content (AvgIpc) is 2.98. The molecule has 5 heteroatoms. The molecule has 0 amide bonds. The Labute approximate surface area is 95.3 Å². The highest BCUT2D eigenvalue weighted by Gasteiger charge is 2.45. The maximum Gasteiger partial charge on any atom is 0.322 e. The zero-order valence-corrected chi connectivity index (χ0v) is 9.77. The van der Waals surface area contributed by atoms with Gasteiger partial charge in [-0.2, -0.15) is 0 Å². The Morgan fingerprint density at radius 2 is 1.94 bits per heavy atom. The minimum Gasteiger partial charge on any atom is -0.466 e. The maximum atomic E-state index is 11.3. The number of carbonyl (C=O) groups is 2. The highest BCUT2D eigenvalue weighted by atomic mass is 16.5. The molecule has 0 aromatic carbocycles. The van der Waals surface area contributed by atoms with E-state index < -0.39 is 12.0 Å². The molecule has 1 rings (SSSR count). The van der Waals surface area contributed by atoms with Crippen LogP contribution in [0.25, 0.3) is 0 Å². The summed E-state index contributed by atoms with van der Waals surface area (Å²) in [6.07, 6.45) is 1.27. The Hall–Kier alpha value is -1.10. The molecule has 0 unspecified atom stereocenters. The van der Waals surface area contributed by atoms with Gasteiger partial charge < -0.3 is 15.2 Å². The van der Waals surface area contributed by atoms with Gasteiger partial charge in [0.25, 0.3) is 0 Å². The van der Waals surface area contributed by atoms with Gasteiger partial charge in [0.15, 0.2) is 0 Å². The van der Waals surface area contributed by atoms with Crippen molar-refractivity contribution in [1.82, 2.24) is 0 Å². The summed E-state index contributed by atoms with van der Waals surface area (Å²) < 4.78 is 9.69. The molecule has 0 spiro atoms. The van der Waals surface area contributed by atoms with E-state index in [0.29, 0.717) is 19.6 Å². The van der Waals surface area contributed by atoms with Crippen LogP contribution in [0.3, 0.4) is 0 Å². The Morgan fingerprint density at radius 1 is 1.31 bits per heavy atom. The van der Waals surface area contributed by atoms with Crippen LogP contribution < -0.4 is 5.73 Å². The van der Waals surface area contributed by atoms with Crippen molar-refractivity contribution in [3.63, 3.8) is 0 Å². The largest absolute Gasteiger partial charge is 0.466 e. The summed E-state index contributed by atoms with van der Waals surface area (Å²) in [6, 6.07) is -0.621. The third-order valence-corrected chi connectivity index (χ3v) is 2.66. The first-order chi connectivity index (χ1) is 7.60. The van der Waals surface area contributed by atoms with Gasteiger partial charge in [-0.25, -0.2) is 0 Å². The second kappa shape index (κ2) is 5.84. The number of nitrogens with two attached hydrogens (primary N) is 1. The topological polar surface area (TPSA) is 78.6 Å². The maximum absolute atomic E-state index is 11.3. The van der Waals surface area contributed by atoms with Crippen LogP contribution in [0, 0.1) is 11.8 Å². The lowest BCUT2D eigenvalue weighted by molar-refractivity contribution is -0.147. The molecule has 2 N–H and O–H groups in total. The molecule has 0 bridgehead atoms. The molecule has 1 aliphatic rings. The summed E-state index contributed by atoms with van der Waals surface area (Å²) in [5.41, 5.74) is 5.65.